The molecule has 0 radical (unpaired) electrons. The average Bonchev–Trinajstić information content (AvgIpc) is 3.66. The van der Waals surface area contributed by atoms with E-state index < -0.39 is 49.8 Å². The number of amides is 1. The number of rotatable bonds is 7. The molecule has 0 spiro atoms. The Labute approximate surface area is 286 Å². The molecule has 3 aliphatic rings. The molecular weight excluding hydrogens is 651 g/mol. The molecule has 1 aliphatic carbocycles. The summed E-state index contributed by atoms with van der Waals surface area (Å²) in [5, 5.41) is 13.7. The fourth-order valence-corrected chi connectivity index (χ4v) is 7.61. The molecule has 5 heterocycles. The number of hydrogen-bond donors (Lipinski definition) is 2. The van der Waals surface area contributed by atoms with Crippen LogP contribution in [0.5, 0.6) is 0 Å². The Balaban J connectivity index is 0.00000504. The molecule has 43 heavy (non-hydrogen) atoms. The molecule has 0 atom stereocenters. The lowest BCUT2D eigenvalue weighted by Gasteiger charge is -2.41. The lowest BCUT2D eigenvalue weighted by Crippen LogP contribution is -2.50. The molecule has 232 valence electrons. The van der Waals surface area contributed by atoms with Crippen molar-refractivity contribution in [3.63, 3.8) is 0 Å². The first-order valence-corrected chi connectivity index (χ1v) is 16.1. The van der Waals surface area contributed by atoms with Gasteiger partial charge in [-0.2, -0.15) is 0 Å². The van der Waals surface area contributed by atoms with Crippen molar-refractivity contribution in [2.45, 2.75) is 51.0 Å². The van der Waals surface area contributed by atoms with E-state index in [-0.39, 0.29) is 38.8 Å². The first kappa shape index (κ1) is 23.2. The largest absolute Gasteiger partial charge is 0.481 e. The second-order valence-electron chi connectivity index (χ2n) is 10.3. The van der Waals surface area contributed by atoms with E-state index >= 15 is 0 Å². The number of aromatic nitrogens is 2. The van der Waals surface area contributed by atoms with Gasteiger partial charge in [0.25, 0.3) is 5.91 Å². The van der Waals surface area contributed by atoms with Crippen molar-refractivity contribution in [2.24, 2.45) is 5.92 Å². The highest BCUT2D eigenvalue weighted by Crippen LogP contribution is 2.42. The van der Waals surface area contributed by atoms with Crippen LogP contribution in [-0.2, 0) is 4.79 Å². The van der Waals surface area contributed by atoms with Gasteiger partial charge in [-0.3, -0.25) is 19.8 Å². The van der Waals surface area contributed by atoms with Crippen molar-refractivity contribution in [1.29, 1.82) is 0 Å². The number of aliphatic carboxylic acids is 1. The van der Waals surface area contributed by atoms with Gasteiger partial charge in [0.15, 0.2) is 5.13 Å². The van der Waals surface area contributed by atoms with Gasteiger partial charge in [-0.25, -0.2) is 9.97 Å². The maximum atomic E-state index is 13.5. The third-order valence-corrected chi connectivity index (χ3v) is 10.1. The normalized spacial score (nSPS) is 26.3. The van der Waals surface area contributed by atoms with Crippen LogP contribution < -0.4 is 15.1 Å². The molecule has 3 fully saturated rings. The number of pyridine rings is 1. The van der Waals surface area contributed by atoms with Gasteiger partial charge in [-0.15, -0.1) is 23.7 Å². The van der Waals surface area contributed by atoms with Crippen LogP contribution in [0.4, 0.5) is 16.0 Å². The second kappa shape index (κ2) is 14.3. The summed E-state index contributed by atoms with van der Waals surface area (Å²) in [6.45, 7) is -11.4. The van der Waals surface area contributed by atoms with Crippen molar-refractivity contribution in [3.05, 3.63) is 39.3 Å². The number of halogens is 3. The van der Waals surface area contributed by atoms with Crippen LogP contribution in [0.3, 0.4) is 0 Å². The molecule has 2 N–H and O–H groups in total. The summed E-state index contributed by atoms with van der Waals surface area (Å²) in [7, 11) is 0. The number of nitrogens with zero attached hydrogens (tertiary/aromatic N) is 5. The van der Waals surface area contributed by atoms with E-state index in [0.717, 1.165) is 22.7 Å². The number of anilines is 3. The zero-order valence-electron chi connectivity index (χ0n) is 30.8. The van der Waals surface area contributed by atoms with Gasteiger partial charge in [-0.1, -0.05) is 53.8 Å². The molecular formula is C29H35Cl3N6O3S2. The smallest absolute Gasteiger partial charge is 0.306 e. The molecule has 0 unspecified atom stereocenters. The molecule has 1 saturated carbocycles. The number of piperidine rings is 1. The van der Waals surface area contributed by atoms with Crippen LogP contribution in [0.1, 0.15) is 66.3 Å². The standard InChI is InChI=1S/C29H34Cl2N6O3S2.ClH/c30-20-15-23(41-17-20)24-27(37-12-10-35(11-13-37)21-4-2-1-3-5-21)42-29(33-24)34-26(38)19-14-22(31)25(32-16-19)36-8-6-18(7-9-36)28(39)40;/h14-18,21H,1-13H2,(H,39,40)(H,33,34,38);1H/i10D2,11D2,12D2,13D2;. The molecule has 14 heteroatoms. The molecule has 0 aromatic carbocycles. The van der Waals surface area contributed by atoms with Crippen LogP contribution in [0.2, 0.25) is 10.0 Å². The molecule has 3 aromatic heterocycles. The minimum Gasteiger partial charge on any atom is -0.481 e. The summed E-state index contributed by atoms with van der Waals surface area (Å²) in [6.07, 6.45) is 5.23. The topological polar surface area (TPSA) is 102 Å². The minimum absolute atomic E-state index is 0. The van der Waals surface area contributed by atoms with Crippen molar-refractivity contribution in [2.75, 3.05) is 54.2 Å². The summed E-state index contributed by atoms with van der Waals surface area (Å²) >= 11 is 14.5. The van der Waals surface area contributed by atoms with Gasteiger partial charge in [0.1, 0.15) is 16.5 Å². The predicted molar refractivity (Wildman–Crippen MR) is 178 cm³/mol. The van der Waals surface area contributed by atoms with Crippen LogP contribution in [0.15, 0.2) is 23.7 Å². The first-order chi connectivity index (χ1) is 23.4. The van der Waals surface area contributed by atoms with Crippen molar-refractivity contribution < 1.29 is 25.7 Å². The number of carbonyl (C=O) groups is 2. The zero-order chi connectivity index (χ0) is 36.4. The van der Waals surface area contributed by atoms with E-state index in [1.165, 1.54) is 18.3 Å². The maximum absolute atomic E-state index is 13.5. The number of thiophene rings is 1. The second-order valence-corrected chi connectivity index (χ2v) is 13.1. The minimum atomic E-state index is -3.12. The quantitative estimate of drug-likeness (QED) is 0.273. The SMILES string of the molecule is Cl.[2H]C1([2H])N(c2sc(NC(=O)c3cnc(N4CCC(C(=O)O)CC4)c(Cl)c3)nc2-c2cc(Cl)cs2)C([2H])([2H])C([2H])([2H])N(C2CCCCC2)C1([2H])[2H]. The Hall–Kier alpha value is -2.15. The Morgan fingerprint density at radius 3 is 2.37 bits per heavy atom. The lowest BCUT2D eigenvalue weighted by molar-refractivity contribution is -0.142. The third kappa shape index (κ3) is 7.40. The summed E-state index contributed by atoms with van der Waals surface area (Å²) in [5.74, 6) is -1.58. The number of carboxylic acids is 1. The maximum Gasteiger partial charge on any atom is 0.306 e. The fourth-order valence-electron chi connectivity index (χ4n) is 5.30. The third-order valence-electron chi connectivity index (χ3n) is 7.57. The highest BCUT2D eigenvalue weighted by atomic mass is 35.5. The summed E-state index contributed by atoms with van der Waals surface area (Å²) < 4.78 is 72.4. The molecule has 2 aliphatic heterocycles. The molecule has 9 nitrogen and oxygen atoms in total. The average molecular weight is 694 g/mol. The molecule has 1 amide bonds. The van der Waals surface area contributed by atoms with Crippen LogP contribution in [-0.4, -0.2) is 77.0 Å². The predicted octanol–water partition coefficient (Wildman–Crippen LogP) is 7.00. The van der Waals surface area contributed by atoms with E-state index in [1.54, 1.807) is 5.38 Å². The van der Waals surface area contributed by atoms with Gasteiger partial charge < -0.3 is 14.9 Å². The van der Waals surface area contributed by atoms with Crippen molar-refractivity contribution >= 4 is 86.1 Å². The first-order valence-electron chi connectivity index (χ1n) is 17.7. The summed E-state index contributed by atoms with van der Waals surface area (Å²) in [4.78, 5) is 37.1. The van der Waals surface area contributed by atoms with E-state index in [1.807, 2.05) is 4.90 Å². The van der Waals surface area contributed by atoms with Crippen LogP contribution in [0, 0.1) is 5.92 Å². The van der Waals surface area contributed by atoms with Gasteiger partial charge in [0, 0.05) is 62.2 Å². The lowest BCUT2D eigenvalue weighted by atomic mass is 9.94. The van der Waals surface area contributed by atoms with E-state index in [9.17, 15) is 14.7 Å². The Bertz CT molecular complexity index is 1760. The number of carbonyl (C=O) groups excluding carboxylic acids is 1. The monoisotopic (exact) mass is 692 g/mol. The summed E-state index contributed by atoms with van der Waals surface area (Å²) in [5.41, 5.74) is 0.0417. The highest BCUT2D eigenvalue weighted by Gasteiger charge is 2.29. The molecule has 2 saturated heterocycles. The number of thiazole rings is 1. The van der Waals surface area contributed by atoms with E-state index in [2.05, 4.69) is 15.3 Å². The molecule has 6 rings (SSSR count). The van der Waals surface area contributed by atoms with Gasteiger partial charge in [-0.05, 0) is 37.8 Å². The Kier molecular flexibility index (Phi) is 7.72. The number of hydrogen-bond acceptors (Lipinski definition) is 9. The van der Waals surface area contributed by atoms with Gasteiger partial charge in [0.05, 0.1) is 31.9 Å². The number of nitrogens with one attached hydrogen (secondary N) is 1. The van der Waals surface area contributed by atoms with Crippen LogP contribution >= 0.6 is 58.3 Å². The van der Waals surface area contributed by atoms with Crippen molar-refractivity contribution in [1.82, 2.24) is 14.9 Å². The molecule has 3 aromatic rings. The zero-order valence-corrected chi connectivity index (χ0v) is 26.8. The van der Waals surface area contributed by atoms with Crippen LogP contribution in [0.25, 0.3) is 10.6 Å². The Morgan fingerprint density at radius 1 is 1.02 bits per heavy atom. The molecule has 0 bridgehead atoms. The van der Waals surface area contributed by atoms with Gasteiger partial charge >= 0.3 is 5.97 Å². The Morgan fingerprint density at radius 2 is 1.74 bits per heavy atom. The number of piperazine rings is 1. The number of carboxylic acid groups (broad SMARTS) is 1. The highest BCUT2D eigenvalue weighted by molar-refractivity contribution is 7.21. The summed E-state index contributed by atoms with van der Waals surface area (Å²) in [6, 6.07) is 2.21. The van der Waals surface area contributed by atoms with E-state index in [4.69, 9.17) is 34.2 Å². The van der Waals surface area contributed by atoms with E-state index in [0.29, 0.717) is 83.6 Å². The van der Waals surface area contributed by atoms with Gasteiger partial charge in [0.2, 0.25) is 0 Å². The fraction of sp³-hybridized carbons (Fsp3) is 0.517. The van der Waals surface area contributed by atoms with Crippen molar-refractivity contribution in [3.8, 4) is 10.6 Å².